The van der Waals surface area contributed by atoms with Crippen molar-refractivity contribution in [1.82, 2.24) is 4.57 Å². The molecule has 3 fully saturated rings. The van der Waals surface area contributed by atoms with E-state index in [1.54, 1.807) is 43.3 Å². The summed E-state index contributed by atoms with van der Waals surface area (Å²) in [5, 5.41) is 14.7. The molecule has 1 aromatic heterocycles. The highest BCUT2D eigenvalue weighted by molar-refractivity contribution is 6.30. The molecule has 0 spiro atoms. The first kappa shape index (κ1) is 25.9. The first-order valence-corrected chi connectivity index (χ1v) is 13.0. The second kappa shape index (κ2) is 8.84. The van der Waals surface area contributed by atoms with Gasteiger partial charge < -0.3 is 24.7 Å². The molecule has 3 saturated heterocycles. The van der Waals surface area contributed by atoms with Gasteiger partial charge in [-0.15, -0.1) is 0 Å². The first-order chi connectivity index (χ1) is 19.2. The number of halogens is 1. The Morgan fingerprint density at radius 3 is 2.67 bits per heavy atom. The zero-order chi connectivity index (χ0) is 28.4. The van der Waals surface area contributed by atoms with E-state index in [1.807, 2.05) is 0 Å². The highest BCUT2D eigenvalue weighted by atomic mass is 35.5. The number of aryl methyl sites for hydroxylation is 1. The quantitative estimate of drug-likeness (QED) is 0.241. The van der Waals surface area contributed by atoms with Crippen molar-refractivity contribution >= 4 is 39.9 Å². The average molecular weight is 557 g/mol. The Hall–Kier alpha value is -4.33. The van der Waals surface area contributed by atoms with Crippen molar-refractivity contribution in [2.75, 3.05) is 4.90 Å². The third-order valence-electron chi connectivity index (χ3n) is 8.64. The molecule has 3 aromatic rings. The molecule has 3 aliphatic rings. The number of ether oxygens (including phenoxy) is 2. The lowest BCUT2D eigenvalue weighted by Crippen LogP contribution is -2.62. The van der Waals surface area contributed by atoms with Crippen molar-refractivity contribution in [3.63, 3.8) is 0 Å². The SMILES string of the molecule is C=CO[C@H]1CC2(CCn3cc(Cl)ccc3=O)OC1(C)C1C(=O)N(c3ccc(C#N)c4ccccc34)C(=O)[C@@]12N=[N-]. The summed E-state index contributed by atoms with van der Waals surface area (Å²) in [5.74, 6) is -2.60. The molecule has 2 aromatic carbocycles. The van der Waals surface area contributed by atoms with Crippen LogP contribution in [0.4, 0.5) is 5.69 Å². The molecule has 2 bridgehead atoms. The standard InChI is InChI=1S/C29H23ClN5O5/c1-3-39-22-14-28(12-13-34-16-18(30)9-11-23(34)36)29(33-32)24(27(22,2)40-28)25(37)35(26(29)38)21-10-8-17(15-31)19-6-4-5-7-20(19)21/h3-11,16,22,24H,1,12-14H2,2H3/q-1/t22-,24?,27?,28?,29-/m0/s1. The minimum atomic E-state index is -2.00. The van der Waals surface area contributed by atoms with Crippen molar-refractivity contribution < 1.29 is 19.1 Å². The summed E-state index contributed by atoms with van der Waals surface area (Å²) in [5.41, 5.74) is 6.12. The highest BCUT2D eigenvalue weighted by Gasteiger charge is 2.85. The van der Waals surface area contributed by atoms with Gasteiger partial charge in [0.05, 0.1) is 28.6 Å². The van der Waals surface area contributed by atoms with E-state index in [0.29, 0.717) is 21.4 Å². The number of hydrogen-bond acceptors (Lipinski definition) is 7. The number of rotatable bonds is 7. The molecule has 40 heavy (non-hydrogen) atoms. The number of benzene rings is 2. The summed E-state index contributed by atoms with van der Waals surface area (Å²) in [6, 6.07) is 15.0. The van der Waals surface area contributed by atoms with Gasteiger partial charge in [0.25, 0.3) is 11.5 Å². The highest BCUT2D eigenvalue weighted by Crippen LogP contribution is 2.67. The zero-order valence-corrected chi connectivity index (χ0v) is 22.2. The predicted octanol–water partition coefficient (Wildman–Crippen LogP) is 4.33. The smallest absolute Gasteiger partial charge is 0.263 e. The lowest BCUT2D eigenvalue weighted by Gasteiger charge is -2.44. The molecule has 6 rings (SSSR count). The number of aromatic nitrogens is 1. The van der Waals surface area contributed by atoms with Crippen molar-refractivity contribution in [2.24, 2.45) is 11.0 Å². The molecule has 11 heteroatoms. The van der Waals surface area contributed by atoms with Crippen LogP contribution in [-0.2, 0) is 25.6 Å². The summed E-state index contributed by atoms with van der Waals surface area (Å²) in [4.78, 5) is 42.2. The molecule has 4 heterocycles. The number of pyridine rings is 1. The Bertz CT molecular complexity index is 1730. The van der Waals surface area contributed by atoms with Gasteiger partial charge >= 0.3 is 0 Å². The largest absolute Gasteiger partial charge is 0.711 e. The molecule has 0 saturated carbocycles. The van der Waals surface area contributed by atoms with Crippen LogP contribution in [0.25, 0.3) is 16.3 Å². The third kappa shape index (κ3) is 3.16. The molecule has 10 nitrogen and oxygen atoms in total. The van der Waals surface area contributed by atoms with Gasteiger partial charge in [-0.2, -0.15) is 5.26 Å². The Morgan fingerprint density at radius 1 is 1.23 bits per heavy atom. The second-order valence-electron chi connectivity index (χ2n) is 10.5. The number of carbonyl (C=O) groups excluding carboxylic acids is 2. The predicted molar refractivity (Wildman–Crippen MR) is 145 cm³/mol. The van der Waals surface area contributed by atoms with Gasteiger partial charge in [-0.3, -0.25) is 14.4 Å². The molecule has 3 aliphatic heterocycles. The maximum absolute atomic E-state index is 14.4. The fourth-order valence-electron chi connectivity index (χ4n) is 6.94. The van der Waals surface area contributed by atoms with Crippen LogP contribution >= 0.6 is 11.6 Å². The van der Waals surface area contributed by atoms with E-state index < -0.39 is 40.6 Å². The molecule has 2 amide bonds. The number of carbonyl (C=O) groups is 2. The van der Waals surface area contributed by atoms with Gasteiger partial charge in [0.2, 0.25) is 5.91 Å². The van der Waals surface area contributed by atoms with Gasteiger partial charge in [-0.05, 0) is 31.5 Å². The van der Waals surface area contributed by atoms with Crippen molar-refractivity contribution in [3.8, 4) is 6.07 Å². The fourth-order valence-corrected chi connectivity index (χ4v) is 7.13. The van der Waals surface area contributed by atoms with E-state index in [2.05, 4.69) is 17.8 Å². The van der Waals surface area contributed by atoms with Crippen LogP contribution in [0.15, 0.2) is 77.5 Å². The van der Waals surface area contributed by atoms with Gasteiger partial charge in [0, 0.05) is 36.0 Å². The Labute approximate surface area is 233 Å². The maximum atomic E-state index is 14.4. The van der Waals surface area contributed by atoms with E-state index in [-0.39, 0.29) is 30.6 Å². The Kier molecular flexibility index (Phi) is 5.73. The molecular formula is C29H23ClN5O5-. The van der Waals surface area contributed by atoms with E-state index in [0.717, 1.165) is 4.90 Å². The van der Waals surface area contributed by atoms with Crippen LogP contribution in [-0.4, -0.2) is 39.2 Å². The molecule has 0 radical (unpaired) electrons. The number of nitriles is 1. The number of amides is 2. The minimum absolute atomic E-state index is 0.0430. The van der Waals surface area contributed by atoms with Crippen LogP contribution < -0.4 is 10.5 Å². The van der Waals surface area contributed by atoms with E-state index in [4.69, 9.17) is 21.1 Å². The van der Waals surface area contributed by atoms with Crippen LogP contribution in [0, 0.1) is 17.2 Å². The molecule has 3 unspecified atom stereocenters. The topological polar surface area (TPSA) is 136 Å². The lowest BCUT2D eigenvalue weighted by atomic mass is 9.61. The summed E-state index contributed by atoms with van der Waals surface area (Å²) in [6.45, 7) is 5.38. The summed E-state index contributed by atoms with van der Waals surface area (Å²) in [6.07, 6.45) is 2.18. The van der Waals surface area contributed by atoms with E-state index in [1.165, 1.54) is 29.2 Å². The van der Waals surface area contributed by atoms with Crippen LogP contribution in [0.1, 0.15) is 25.3 Å². The maximum Gasteiger partial charge on any atom is 0.263 e. The van der Waals surface area contributed by atoms with Gasteiger partial charge in [0.15, 0.2) is 5.54 Å². The lowest BCUT2D eigenvalue weighted by molar-refractivity contribution is -0.134. The number of hydrogen-bond donors (Lipinski definition) is 0. The normalized spacial score (nSPS) is 30.4. The molecule has 5 atom stereocenters. The monoisotopic (exact) mass is 556 g/mol. The summed E-state index contributed by atoms with van der Waals surface area (Å²) >= 11 is 6.11. The second-order valence-corrected chi connectivity index (χ2v) is 10.9. The molecule has 202 valence electrons. The summed E-state index contributed by atoms with van der Waals surface area (Å²) in [7, 11) is 0. The van der Waals surface area contributed by atoms with Crippen LogP contribution in [0.2, 0.25) is 5.02 Å². The zero-order valence-electron chi connectivity index (χ0n) is 21.4. The van der Waals surface area contributed by atoms with Crippen LogP contribution in [0.3, 0.4) is 0 Å². The van der Waals surface area contributed by atoms with Crippen molar-refractivity contribution in [2.45, 2.75) is 49.2 Å². The first-order valence-electron chi connectivity index (χ1n) is 12.7. The van der Waals surface area contributed by atoms with Crippen molar-refractivity contribution in [1.29, 1.82) is 5.26 Å². The van der Waals surface area contributed by atoms with E-state index in [9.17, 15) is 25.2 Å². The Balaban J connectivity index is 1.52. The van der Waals surface area contributed by atoms with Gasteiger partial charge in [0.1, 0.15) is 23.2 Å². The Morgan fingerprint density at radius 2 is 1.98 bits per heavy atom. The number of fused-ring (bicyclic) bond motifs is 6. The fraction of sp³-hybridized carbons (Fsp3) is 0.310. The van der Waals surface area contributed by atoms with Crippen LogP contribution in [0.5, 0.6) is 0 Å². The van der Waals surface area contributed by atoms with Gasteiger partial charge in [-0.25, -0.2) is 4.90 Å². The molecule has 0 aliphatic carbocycles. The van der Waals surface area contributed by atoms with Gasteiger partial charge in [-0.1, -0.05) is 42.4 Å². The summed E-state index contributed by atoms with van der Waals surface area (Å²) < 4.78 is 13.7. The number of nitrogens with zero attached hydrogens (tertiary/aromatic N) is 5. The third-order valence-corrected chi connectivity index (χ3v) is 8.86. The molecule has 0 N–H and O–H groups in total. The number of imide groups is 1. The van der Waals surface area contributed by atoms with Crippen molar-refractivity contribution in [3.05, 3.63) is 94.0 Å². The minimum Gasteiger partial charge on any atom is -0.711 e. The van der Waals surface area contributed by atoms with E-state index >= 15 is 0 Å². The average Bonchev–Trinajstić information content (AvgIpc) is 3.47. The number of anilines is 1. The molecular weight excluding hydrogens is 534 g/mol.